The molecular weight excluding hydrogens is 216 g/mol. The van der Waals surface area contributed by atoms with Crippen LogP contribution in [0.4, 0.5) is 5.69 Å². The first-order valence-corrected chi connectivity index (χ1v) is 5.42. The number of fused-ring (bicyclic) bond motifs is 2. The minimum Gasteiger partial charge on any atom is -0.481 e. The van der Waals surface area contributed by atoms with Gasteiger partial charge in [0.25, 0.3) is 0 Å². The standard InChI is InChI=1S/C13H10N2O2/c16-12(17)5-4-9-7-14-11-6-8-2-1-3-10(8)15-13(9)11/h1-3,6-7H,4-5H2,(H,16,17). The molecule has 2 heterocycles. The van der Waals surface area contributed by atoms with Crippen LogP contribution in [0.1, 0.15) is 18.5 Å². The quantitative estimate of drug-likeness (QED) is 0.821. The molecule has 0 unspecified atom stereocenters. The van der Waals surface area contributed by atoms with E-state index in [2.05, 4.69) is 9.98 Å². The van der Waals surface area contributed by atoms with Gasteiger partial charge in [0, 0.05) is 17.9 Å². The van der Waals surface area contributed by atoms with E-state index in [-0.39, 0.29) is 6.42 Å². The minimum atomic E-state index is -0.797. The summed E-state index contributed by atoms with van der Waals surface area (Å²) >= 11 is 0. The Kier molecular flexibility index (Phi) is 2.14. The molecule has 1 aromatic heterocycles. The molecule has 0 aromatic carbocycles. The van der Waals surface area contributed by atoms with Gasteiger partial charge in [-0.15, -0.1) is 0 Å². The van der Waals surface area contributed by atoms with E-state index in [1.165, 1.54) is 0 Å². The fourth-order valence-corrected chi connectivity index (χ4v) is 2.01. The molecule has 1 aliphatic carbocycles. The number of allylic oxidation sites excluding steroid dienone is 1. The summed E-state index contributed by atoms with van der Waals surface area (Å²) < 4.78 is 0. The van der Waals surface area contributed by atoms with Gasteiger partial charge in [0.2, 0.25) is 0 Å². The summed E-state index contributed by atoms with van der Waals surface area (Å²) in [7, 11) is 0. The van der Waals surface area contributed by atoms with Crippen LogP contribution < -0.4 is 10.6 Å². The van der Waals surface area contributed by atoms with Crippen molar-refractivity contribution in [3.05, 3.63) is 28.4 Å². The predicted octanol–water partition coefficient (Wildman–Crippen LogP) is 0.620. The van der Waals surface area contributed by atoms with Crippen LogP contribution in [0.5, 0.6) is 0 Å². The molecule has 0 bridgehead atoms. The Morgan fingerprint density at radius 3 is 3.12 bits per heavy atom. The molecule has 0 atom stereocenters. The Balaban J connectivity index is 2.08. The highest BCUT2D eigenvalue weighted by Crippen LogP contribution is 2.14. The van der Waals surface area contributed by atoms with Crippen molar-refractivity contribution < 1.29 is 9.90 Å². The second kappa shape index (κ2) is 3.66. The van der Waals surface area contributed by atoms with Crippen LogP contribution in [-0.4, -0.2) is 22.3 Å². The first-order valence-electron chi connectivity index (χ1n) is 5.42. The molecule has 0 fully saturated rings. The number of rotatable bonds is 3. The van der Waals surface area contributed by atoms with Crippen LogP contribution in [0.3, 0.4) is 0 Å². The van der Waals surface area contributed by atoms with Crippen molar-refractivity contribution in [3.8, 4) is 0 Å². The minimum absolute atomic E-state index is 0.113. The lowest BCUT2D eigenvalue weighted by Crippen LogP contribution is -2.18. The van der Waals surface area contributed by atoms with Crippen LogP contribution in [0.15, 0.2) is 17.1 Å². The third-order valence-corrected chi connectivity index (χ3v) is 2.86. The number of aromatic nitrogens is 1. The van der Waals surface area contributed by atoms with Crippen molar-refractivity contribution in [2.45, 2.75) is 12.8 Å². The molecular formula is C13H10N2O2. The lowest BCUT2D eigenvalue weighted by Gasteiger charge is -1.97. The van der Waals surface area contributed by atoms with E-state index < -0.39 is 5.97 Å². The van der Waals surface area contributed by atoms with Crippen molar-refractivity contribution in [3.63, 3.8) is 0 Å². The Labute approximate surface area is 97.3 Å². The Hall–Kier alpha value is -2.23. The molecule has 2 aliphatic rings. The topological polar surface area (TPSA) is 62.5 Å². The van der Waals surface area contributed by atoms with Crippen LogP contribution in [0.25, 0.3) is 17.7 Å². The second-order valence-corrected chi connectivity index (χ2v) is 4.03. The normalized spacial score (nSPS) is 14.7. The molecule has 3 rings (SSSR count). The lowest BCUT2D eigenvalue weighted by molar-refractivity contribution is -0.136. The number of hydrogen-bond donors (Lipinski definition) is 1. The molecule has 1 aromatic rings. The number of aliphatic carboxylic acids is 1. The zero-order valence-electron chi connectivity index (χ0n) is 9.05. The molecule has 0 saturated heterocycles. The Morgan fingerprint density at radius 2 is 2.29 bits per heavy atom. The molecule has 1 N–H and O–H groups in total. The highest BCUT2D eigenvalue weighted by molar-refractivity contribution is 6.06. The summed E-state index contributed by atoms with van der Waals surface area (Å²) in [5, 5.41) is 10.6. The zero-order chi connectivity index (χ0) is 11.8. The number of carboxylic acids is 1. The predicted molar refractivity (Wildman–Crippen MR) is 65.4 cm³/mol. The van der Waals surface area contributed by atoms with Gasteiger partial charge >= 0.3 is 5.97 Å². The van der Waals surface area contributed by atoms with Gasteiger partial charge in [-0.05, 0) is 24.1 Å². The highest BCUT2D eigenvalue weighted by atomic mass is 16.4. The van der Waals surface area contributed by atoms with Gasteiger partial charge in [0.1, 0.15) is 0 Å². The number of pyridine rings is 1. The van der Waals surface area contributed by atoms with Crippen molar-refractivity contribution in [1.82, 2.24) is 4.98 Å². The smallest absolute Gasteiger partial charge is 0.303 e. The van der Waals surface area contributed by atoms with Crippen LogP contribution in [0.2, 0.25) is 0 Å². The Morgan fingerprint density at radius 1 is 1.41 bits per heavy atom. The van der Waals surface area contributed by atoms with Crippen molar-refractivity contribution in [1.29, 1.82) is 0 Å². The zero-order valence-corrected chi connectivity index (χ0v) is 9.05. The summed E-state index contributed by atoms with van der Waals surface area (Å²) in [4.78, 5) is 19.4. The number of hydrogen-bond acceptors (Lipinski definition) is 3. The van der Waals surface area contributed by atoms with E-state index in [9.17, 15) is 4.79 Å². The maximum absolute atomic E-state index is 10.6. The largest absolute Gasteiger partial charge is 0.481 e. The molecule has 1 aliphatic heterocycles. The van der Waals surface area contributed by atoms with Gasteiger partial charge in [-0.3, -0.25) is 9.79 Å². The van der Waals surface area contributed by atoms with E-state index in [1.54, 1.807) is 6.21 Å². The van der Waals surface area contributed by atoms with Crippen molar-refractivity contribution in [2.24, 2.45) is 4.99 Å². The van der Waals surface area contributed by atoms with Gasteiger partial charge in [-0.1, -0.05) is 12.2 Å². The molecule has 0 radical (unpaired) electrons. The molecule has 4 heteroatoms. The fourth-order valence-electron chi connectivity index (χ4n) is 2.01. The van der Waals surface area contributed by atoms with E-state index in [1.807, 2.05) is 24.3 Å². The van der Waals surface area contributed by atoms with Crippen LogP contribution >= 0.6 is 0 Å². The fraction of sp³-hybridized carbons (Fsp3) is 0.154. The second-order valence-electron chi connectivity index (χ2n) is 4.03. The van der Waals surface area contributed by atoms with E-state index >= 15 is 0 Å². The van der Waals surface area contributed by atoms with Crippen molar-refractivity contribution >= 4 is 35.6 Å². The number of aliphatic imine (C=N–C) groups is 1. The Bertz CT molecular complexity index is 684. The van der Waals surface area contributed by atoms with Gasteiger partial charge in [0.05, 0.1) is 16.7 Å². The van der Waals surface area contributed by atoms with Crippen LogP contribution in [0, 0.1) is 0 Å². The molecule has 0 spiro atoms. The first kappa shape index (κ1) is 9.96. The average Bonchev–Trinajstić information content (AvgIpc) is 2.88. The molecule has 0 amide bonds. The SMILES string of the molecule is O=C(O)CCC1=c2nc3c(cc2N=C1)=CC=C3. The number of carbonyl (C=O) groups is 1. The van der Waals surface area contributed by atoms with E-state index in [4.69, 9.17) is 5.11 Å². The summed E-state index contributed by atoms with van der Waals surface area (Å²) in [5.74, 6) is -0.797. The van der Waals surface area contributed by atoms with Crippen LogP contribution in [-0.2, 0) is 4.79 Å². The van der Waals surface area contributed by atoms with E-state index in [0.717, 1.165) is 27.5 Å². The average molecular weight is 226 g/mol. The summed E-state index contributed by atoms with van der Waals surface area (Å²) in [6.07, 6.45) is 8.20. The highest BCUT2D eigenvalue weighted by Gasteiger charge is 2.12. The monoisotopic (exact) mass is 226 g/mol. The van der Waals surface area contributed by atoms with E-state index in [0.29, 0.717) is 6.42 Å². The summed E-state index contributed by atoms with van der Waals surface area (Å²) in [6, 6.07) is 1.99. The summed E-state index contributed by atoms with van der Waals surface area (Å²) in [6.45, 7) is 0. The molecule has 4 nitrogen and oxygen atoms in total. The third kappa shape index (κ3) is 1.67. The van der Waals surface area contributed by atoms with Crippen molar-refractivity contribution in [2.75, 3.05) is 0 Å². The molecule has 84 valence electrons. The molecule has 17 heavy (non-hydrogen) atoms. The lowest BCUT2D eigenvalue weighted by atomic mass is 10.1. The summed E-state index contributed by atoms with van der Waals surface area (Å²) in [5.41, 5.74) is 2.68. The number of nitrogens with zero attached hydrogens (tertiary/aromatic N) is 2. The van der Waals surface area contributed by atoms with Gasteiger partial charge in [0.15, 0.2) is 0 Å². The molecule has 0 saturated carbocycles. The number of carboxylic acid groups (broad SMARTS) is 1. The van der Waals surface area contributed by atoms with Gasteiger partial charge in [-0.2, -0.15) is 0 Å². The van der Waals surface area contributed by atoms with Gasteiger partial charge < -0.3 is 5.11 Å². The third-order valence-electron chi connectivity index (χ3n) is 2.86. The maximum atomic E-state index is 10.6. The first-order chi connectivity index (χ1) is 8.24. The van der Waals surface area contributed by atoms with Gasteiger partial charge in [-0.25, -0.2) is 4.98 Å². The maximum Gasteiger partial charge on any atom is 0.303 e.